The molecule has 8 heteroatoms. The highest BCUT2D eigenvalue weighted by Crippen LogP contribution is 2.22. The van der Waals surface area contributed by atoms with E-state index in [4.69, 9.17) is 0 Å². The maximum atomic E-state index is 13.5. The number of carbonyl (C=O) groups is 2. The van der Waals surface area contributed by atoms with E-state index in [9.17, 15) is 19.7 Å². The van der Waals surface area contributed by atoms with Gasteiger partial charge in [-0.2, -0.15) is 0 Å². The van der Waals surface area contributed by atoms with E-state index in [1.807, 2.05) is 54.6 Å². The SMILES string of the molecule is CNC(=O)[C@@H](Cc1ccccc1)N(Cc1ccc(Br)cc1)C(=O)Cc1ccccc1[N+](=O)[O-]. The normalized spacial score (nSPS) is 11.5. The predicted molar refractivity (Wildman–Crippen MR) is 129 cm³/mol. The van der Waals surface area contributed by atoms with Crippen LogP contribution in [0.25, 0.3) is 0 Å². The van der Waals surface area contributed by atoms with E-state index in [0.29, 0.717) is 12.0 Å². The van der Waals surface area contributed by atoms with Crippen molar-refractivity contribution in [1.82, 2.24) is 10.2 Å². The molecule has 1 N–H and O–H groups in total. The monoisotopic (exact) mass is 509 g/mol. The summed E-state index contributed by atoms with van der Waals surface area (Å²) in [5.74, 6) is -0.663. The van der Waals surface area contributed by atoms with Crippen LogP contribution in [0.3, 0.4) is 0 Å². The van der Waals surface area contributed by atoms with Gasteiger partial charge >= 0.3 is 0 Å². The van der Waals surface area contributed by atoms with Gasteiger partial charge in [0.1, 0.15) is 6.04 Å². The van der Waals surface area contributed by atoms with Gasteiger partial charge in [0.25, 0.3) is 5.69 Å². The molecule has 0 unspecified atom stereocenters. The van der Waals surface area contributed by atoms with Gasteiger partial charge < -0.3 is 10.2 Å². The fourth-order valence-corrected chi connectivity index (χ4v) is 3.87. The zero-order chi connectivity index (χ0) is 23.8. The van der Waals surface area contributed by atoms with Gasteiger partial charge in [-0.25, -0.2) is 0 Å². The Bertz CT molecular complexity index is 1120. The molecule has 0 fully saturated rings. The third-order valence-corrected chi connectivity index (χ3v) is 5.84. The van der Waals surface area contributed by atoms with Gasteiger partial charge in [-0.3, -0.25) is 19.7 Å². The molecule has 1 atom stereocenters. The number of hydrogen-bond donors (Lipinski definition) is 1. The number of nitrogens with one attached hydrogen (secondary N) is 1. The second kappa shape index (κ2) is 11.4. The van der Waals surface area contributed by atoms with Crippen LogP contribution >= 0.6 is 15.9 Å². The third-order valence-electron chi connectivity index (χ3n) is 5.31. The van der Waals surface area contributed by atoms with Gasteiger partial charge in [-0.15, -0.1) is 0 Å². The Morgan fingerprint density at radius 3 is 2.24 bits per heavy atom. The van der Waals surface area contributed by atoms with E-state index < -0.39 is 11.0 Å². The number of para-hydroxylation sites is 1. The Hall–Kier alpha value is -3.52. The Morgan fingerprint density at radius 1 is 0.970 bits per heavy atom. The summed E-state index contributed by atoms with van der Waals surface area (Å²) in [5, 5.41) is 14.1. The Morgan fingerprint density at radius 2 is 1.61 bits per heavy atom. The summed E-state index contributed by atoms with van der Waals surface area (Å²) in [6.45, 7) is 0.192. The Balaban J connectivity index is 1.97. The van der Waals surface area contributed by atoms with Gasteiger partial charge in [0.2, 0.25) is 11.8 Å². The minimum absolute atomic E-state index is 0.117. The average molecular weight is 510 g/mol. The number of halogens is 1. The minimum atomic E-state index is -0.781. The Kier molecular flexibility index (Phi) is 8.32. The minimum Gasteiger partial charge on any atom is -0.357 e. The number of rotatable bonds is 9. The van der Waals surface area contributed by atoms with Crippen molar-refractivity contribution in [1.29, 1.82) is 0 Å². The molecule has 33 heavy (non-hydrogen) atoms. The quantitative estimate of drug-likeness (QED) is 0.344. The van der Waals surface area contributed by atoms with Crippen LogP contribution in [0.1, 0.15) is 16.7 Å². The smallest absolute Gasteiger partial charge is 0.273 e. The van der Waals surface area contributed by atoms with Crippen molar-refractivity contribution in [3.05, 3.63) is 110 Å². The number of benzene rings is 3. The molecule has 3 aromatic carbocycles. The molecule has 170 valence electrons. The highest BCUT2D eigenvalue weighted by atomic mass is 79.9. The first-order valence-electron chi connectivity index (χ1n) is 10.4. The molecule has 0 radical (unpaired) electrons. The molecule has 0 aliphatic heterocycles. The number of carbonyl (C=O) groups excluding carboxylic acids is 2. The highest BCUT2D eigenvalue weighted by Gasteiger charge is 2.31. The van der Waals surface area contributed by atoms with Crippen molar-refractivity contribution >= 4 is 33.4 Å². The van der Waals surface area contributed by atoms with E-state index in [1.165, 1.54) is 18.0 Å². The van der Waals surface area contributed by atoms with Crippen molar-refractivity contribution in [3.63, 3.8) is 0 Å². The second-order valence-corrected chi connectivity index (χ2v) is 8.45. The van der Waals surface area contributed by atoms with Crippen LogP contribution in [0.2, 0.25) is 0 Å². The van der Waals surface area contributed by atoms with Gasteiger partial charge in [0, 0.05) is 36.1 Å². The number of hydrogen-bond acceptors (Lipinski definition) is 4. The van der Waals surface area contributed by atoms with Crippen LogP contribution in [-0.2, 0) is 29.0 Å². The van der Waals surface area contributed by atoms with Gasteiger partial charge in [0.05, 0.1) is 11.3 Å². The highest BCUT2D eigenvalue weighted by molar-refractivity contribution is 9.10. The molecule has 0 saturated carbocycles. The fraction of sp³-hybridized carbons (Fsp3) is 0.200. The number of nitro benzene ring substituents is 1. The second-order valence-electron chi connectivity index (χ2n) is 7.53. The predicted octanol–water partition coefficient (Wildman–Crippen LogP) is 4.29. The molecule has 0 aliphatic rings. The van der Waals surface area contributed by atoms with Crippen LogP contribution in [-0.4, -0.2) is 34.7 Å². The molecule has 0 heterocycles. The van der Waals surface area contributed by atoms with E-state index in [0.717, 1.165) is 15.6 Å². The van der Waals surface area contributed by atoms with E-state index in [1.54, 1.807) is 18.2 Å². The average Bonchev–Trinajstić information content (AvgIpc) is 2.82. The fourth-order valence-electron chi connectivity index (χ4n) is 3.61. The van der Waals surface area contributed by atoms with Crippen molar-refractivity contribution in [2.24, 2.45) is 0 Å². The lowest BCUT2D eigenvalue weighted by Crippen LogP contribution is -2.50. The first-order valence-corrected chi connectivity index (χ1v) is 11.2. The van der Waals surface area contributed by atoms with Crippen molar-refractivity contribution in [3.8, 4) is 0 Å². The third kappa shape index (κ3) is 6.49. The summed E-state index contributed by atoms with van der Waals surface area (Å²) in [6, 6.07) is 22.3. The summed E-state index contributed by atoms with van der Waals surface area (Å²) in [7, 11) is 1.53. The molecule has 0 aromatic heterocycles. The summed E-state index contributed by atoms with van der Waals surface area (Å²) >= 11 is 3.41. The lowest BCUT2D eigenvalue weighted by molar-refractivity contribution is -0.385. The van der Waals surface area contributed by atoms with Crippen molar-refractivity contribution < 1.29 is 14.5 Å². The number of nitrogens with zero attached hydrogens (tertiary/aromatic N) is 2. The van der Waals surface area contributed by atoms with Crippen LogP contribution in [0.4, 0.5) is 5.69 Å². The lowest BCUT2D eigenvalue weighted by Gasteiger charge is -2.31. The van der Waals surface area contributed by atoms with Gasteiger partial charge in [-0.05, 0) is 23.3 Å². The molecule has 0 spiro atoms. The largest absolute Gasteiger partial charge is 0.357 e. The molecule has 7 nitrogen and oxygen atoms in total. The summed E-state index contributed by atoms with van der Waals surface area (Å²) in [4.78, 5) is 38.9. The molecule has 3 rings (SSSR count). The molecular weight excluding hydrogens is 486 g/mol. The van der Waals surface area contributed by atoms with Gasteiger partial charge in [0.15, 0.2) is 0 Å². The maximum absolute atomic E-state index is 13.5. The van der Waals surface area contributed by atoms with E-state index in [2.05, 4.69) is 21.2 Å². The summed E-state index contributed by atoms with van der Waals surface area (Å²) < 4.78 is 0.899. The molecule has 0 bridgehead atoms. The lowest BCUT2D eigenvalue weighted by atomic mass is 10.0. The van der Waals surface area contributed by atoms with Crippen molar-refractivity contribution in [2.45, 2.75) is 25.4 Å². The maximum Gasteiger partial charge on any atom is 0.273 e. The Labute approximate surface area is 200 Å². The number of amides is 2. The van der Waals surface area contributed by atoms with Crippen LogP contribution in [0.15, 0.2) is 83.3 Å². The summed E-state index contributed by atoms with van der Waals surface area (Å²) in [6.07, 6.45) is 0.135. The van der Waals surface area contributed by atoms with E-state index in [-0.39, 0.29) is 30.5 Å². The molecule has 3 aromatic rings. The van der Waals surface area contributed by atoms with Gasteiger partial charge in [-0.1, -0.05) is 76.6 Å². The topological polar surface area (TPSA) is 92.6 Å². The first-order chi connectivity index (χ1) is 15.9. The molecule has 2 amide bonds. The van der Waals surface area contributed by atoms with Crippen LogP contribution in [0.5, 0.6) is 0 Å². The zero-order valence-electron chi connectivity index (χ0n) is 18.1. The first kappa shape index (κ1) is 24.1. The van der Waals surface area contributed by atoms with Crippen LogP contribution in [0, 0.1) is 10.1 Å². The number of nitro groups is 1. The van der Waals surface area contributed by atoms with Crippen LogP contribution < -0.4 is 5.32 Å². The number of likely N-dealkylation sites (N-methyl/N-ethyl adjacent to an activating group) is 1. The van der Waals surface area contributed by atoms with Crippen molar-refractivity contribution in [2.75, 3.05) is 7.05 Å². The standard InChI is InChI=1S/C25H24BrN3O4/c1-27-25(31)23(15-18-7-3-2-4-8-18)28(17-19-11-13-21(26)14-12-19)24(30)16-20-9-5-6-10-22(20)29(32)33/h2-14,23H,15-17H2,1H3,(H,27,31)/t23-/m1/s1. The molecule has 0 saturated heterocycles. The molecular formula is C25H24BrN3O4. The summed E-state index contributed by atoms with van der Waals surface area (Å²) in [5.41, 5.74) is 1.94. The molecule has 0 aliphatic carbocycles. The van der Waals surface area contributed by atoms with E-state index >= 15 is 0 Å². The zero-order valence-corrected chi connectivity index (χ0v) is 19.7.